The van der Waals surface area contributed by atoms with E-state index in [9.17, 15) is 4.91 Å². The van der Waals surface area contributed by atoms with E-state index in [1.165, 1.54) is 0 Å². The molecule has 3 unspecified atom stereocenters. The fourth-order valence-electron chi connectivity index (χ4n) is 6.22. The number of benzene rings is 3. The predicted molar refractivity (Wildman–Crippen MR) is 133 cm³/mol. The maximum Gasteiger partial charge on any atom is 0.155 e. The summed E-state index contributed by atoms with van der Waals surface area (Å²) in [5.41, 5.74) is 1.45. The van der Waals surface area contributed by atoms with Crippen molar-refractivity contribution < 1.29 is 0 Å². The molecule has 4 rings (SSSR count). The van der Waals surface area contributed by atoms with Crippen molar-refractivity contribution in [1.29, 1.82) is 0 Å². The molecule has 31 heavy (non-hydrogen) atoms. The van der Waals surface area contributed by atoms with Crippen molar-refractivity contribution in [3.8, 4) is 0 Å². The van der Waals surface area contributed by atoms with E-state index in [2.05, 4.69) is 86.6 Å². The molecule has 3 aromatic carbocycles. The van der Waals surface area contributed by atoms with Gasteiger partial charge < -0.3 is 0 Å². The summed E-state index contributed by atoms with van der Waals surface area (Å²) in [6, 6.07) is 31.1. The fourth-order valence-corrected chi connectivity index (χ4v) is 6.69. The Labute approximate surface area is 191 Å². The Balaban J connectivity index is 2.23. The summed E-state index contributed by atoms with van der Waals surface area (Å²) in [7, 11) is 0. The van der Waals surface area contributed by atoms with Crippen LogP contribution in [0.5, 0.6) is 0 Å². The molecule has 2 nitrogen and oxygen atoms in total. The molecule has 160 valence electrons. The molecule has 1 aliphatic carbocycles. The Bertz CT molecular complexity index is 977. The molecule has 0 spiro atoms. The zero-order valence-electron chi connectivity index (χ0n) is 18.5. The lowest BCUT2D eigenvalue weighted by Gasteiger charge is -2.62. The Kier molecular flexibility index (Phi) is 5.83. The molecule has 0 bridgehead atoms. The summed E-state index contributed by atoms with van der Waals surface area (Å²) in [6.45, 7) is 6.64. The lowest BCUT2D eigenvalue weighted by atomic mass is 9.44. The number of nitrogens with zero attached hydrogens (tertiary/aromatic N) is 1. The summed E-state index contributed by atoms with van der Waals surface area (Å²) < 4.78 is -0.632. The van der Waals surface area contributed by atoms with Crippen LogP contribution in [0.2, 0.25) is 0 Å². The third-order valence-electron chi connectivity index (χ3n) is 7.44. The van der Waals surface area contributed by atoms with Crippen molar-refractivity contribution in [1.82, 2.24) is 0 Å². The van der Waals surface area contributed by atoms with E-state index >= 15 is 0 Å². The Hall–Kier alpha value is -2.39. The van der Waals surface area contributed by atoms with E-state index in [1.54, 1.807) is 0 Å². The van der Waals surface area contributed by atoms with Gasteiger partial charge in [-0.1, -0.05) is 110 Å². The highest BCUT2D eigenvalue weighted by Gasteiger charge is 2.69. The average Bonchev–Trinajstić information content (AvgIpc) is 2.80. The molecular weight excluding hydrogens is 398 g/mol. The molecule has 0 aromatic heterocycles. The molecule has 0 heterocycles. The molecule has 0 N–H and O–H groups in total. The maximum absolute atomic E-state index is 13.3. The molecule has 3 atom stereocenters. The van der Waals surface area contributed by atoms with Gasteiger partial charge >= 0.3 is 0 Å². The summed E-state index contributed by atoms with van der Waals surface area (Å²) in [5.74, 6) is 0.574. The van der Waals surface area contributed by atoms with Gasteiger partial charge in [-0.2, -0.15) is 12.6 Å². The quantitative estimate of drug-likeness (QED) is 0.332. The molecule has 1 saturated carbocycles. The van der Waals surface area contributed by atoms with Crippen LogP contribution in [0, 0.1) is 16.7 Å². The number of thiol groups is 1. The molecule has 1 aliphatic rings. The van der Waals surface area contributed by atoms with Gasteiger partial charge in [0, 0.05) is 4.75 Å². The van der Waals surface area contributed by atoms with Gasteiger partial charge in [-0.15, -0.1) is 4.91 Å². The molecule has 0 saturated heterocycles. The van der Waals surface area contributed by atoms with Gasteiger partial charge in [0.2, 0.25) is 0 Å². The molecule has 0 radical (unpaired) electrons. The van der Waals surface area contributed by atoms with E-state index in [4.69, 9.17) is 12.6 Å². The third-order valence-corrected chi connectivity index (χ3v) is 7.99. The summed E-state index contributed by atoms with van der Waals surface area (Å²) in [6.07, 6.45) is 1.80. The van der Waals surface area contributed by atoms with Crippen LogP contribution in [0.15, 0.2) is 96.2 Å². The SMILES string of the molecule is CC(C)C1CCC(C)(S)C(N=O)(c2ccccc2)C1(c1ccccc1)c1ccccc1. The van der Waals surface area contributed by atoms with Gasteiger partial charge in [0.25, 0.3) is 0 Å². The van der Waals surface area contributed by atoms with Crippen LogP contribution in [-0.2, 0) is 11.0 Å². The summed E-state index contributed by atoms with van der Waals surface area (Å²) in [5, 5.41) is 4.11. The van der Waals surface area contributed by atoms with E-state index < -0.39 is 15.7 Å². The first-order valence-corrected chi connectivity index (χ1v) is 11.6. The molecule has 1 fully saturated rings. The van der Waals surface area contributed by atoms with Crippen molar-refractivity contribution >= 4 is 12.6 Å². The van der Waals surface area contributed by atoms with E-state index in [0.717, 1.165) is 29.5 Å². The van der Waals surface area contributed by atoms with Crippen LogP contribution in [0.25, 0.3) is 0 Å². The highest BCUT2D eigenvalue weighted by atomic mass is 32.1. The van der Waals surface area contributed by atoms with Crippen LogP contribution < -0.4 is 0 Å². The van der Waals surface area contributed by atoms with Crippen LogP contribution in [0.3, 0.4) is 0 Å². The average molecular weight is 430 g/mol. The number of hydrogen-bond donors (Lipinski definition) is 1. The Morgan fingerprint density at radius 3 is 1.61 bits per heavy atom. The number of rotatable bonds is 5. The minimum Gasteiger partial charge on any atom is -0.170 e. The first-order chi connectivity index (χ1) is 14.9. The van der Waals surface area contributed by atoms with E-state index in [0.29, 0.717) is 5.92 Å². The van der Waals surface area contributed by atoms with E-state index in [-0.39, 0.29) is 5.92 Å². The summed E-state index contributed by atoms with van der Waals surface area (Å²) in [4.78, 5) is 13.3. The zero-order chi connectivity index (χ0) is 22.1. The molecule has 3 aromatic rings. The van der Waals surface area contributed by atoms with Gasteiger partial charge in [-0.25, -0.2) is 0 Å². The zero-order valence-corrected chi connectivity index (χ0v) is 19.4. The summed E-state index contributed by atoms with van der Waals surface area (Å²) >= 11 is 5.22. The second-order valence-corrected chi connectivity index (χ2v) is 10.4. The van der Waals surface area contributed by atoms with Gasteiger partial charge in [0.15, 0.2) is 5.54 Å². The predicted octanol–water partition coefficient (Wildman–Crippen LogP) is 7.39. The first-order valence-electron chi connectivity index (χ1n) is 11.2. The van der Waals surface area contributed by atoms with Gasteiger partial charge in [-0.05, 0) is 48.3 Å². The normalized spacial score (nSPS) is 27.7. The van der Waals surface area contributed by atoms with Gasteiger partial charge in [-0.3, -0.25) is 0 Å². The first kappa shape index (κ1) is 21.8. The number of hydrogen-bond acceptors (Lipinski definition) is 3. The highest BCUT2D eigenvalue weighted by molar-refractivity contribution is 7.81. The van der Waals surface area contributed by atoms with Crippen molar-refractivity contribution in [2.45, 2.75) is 49.3 Å². The molecule has 3 heteroatoms. The van der Waals surface area contributed by atoms with Crippen molar-refractivity contribution in [3.63, 3.8) is 0 Å². The van der Waals surface area contributed by atoms with Crippen LogP contribution in [-0.4, -0.2) is 4.75 Å². The lowest BCUT2D eigenvalue weighted by Crippen LogP contribution is -2.66. The topological polar surface area (TPSA) is 29.4 Å². The van der Waals surface area contributed by atoms with Gasteiger partial charge in [0.05, 0.1) is 5.41 Å². The monoisotopic (exact) mass is 429 g/mol. The standard InChI is InChI=1S/C28H31NOS/c1-21(2)25-19-20-26(3,31)28(29-30,24-17-11-6-12-18-24)27(25,22-13-7-4-8-14-22)23-15-9-5-10-16-23/h4-18,21,25,31H,19-20H2,1-3H3. The minimum atomic E-state index is -1.08. The van der Waals surface area contributed by atoms with Gasteiger partial charge in [0.1, 0.15) is 0 Å². The smallest absolute Gasteiger partial charge is 0.155 e. The maximum atomic E-state index is 13.3. The van der Waals surface area contributed by atoms with Crippen LogP contribution >= 0.6 is 12.6 Å². The van der Waals surface area contributed by atoms with Crippen LogP contribution in [0.4, 0.5) is 0 Å². The van der Waals surface area contributed by atoms with Crippen molar-refractivity contribution in [2.24, 2.45) is 17.0 Å². The Morgan fingerprint density at radius 2 is 1.23 bits per heavy atom. The third kappa shape index (κ3) is 3.09. The fraction of sp³-hybridized carbons (Fsp3) is 0.357. The van der Waals surface area contributed by atoms with Crippen molar-refractivity contribution in [2.75, 3.05) is 0 Å². The highest BCUT2D eigenvalue weighted by Crippen LogP contribution is 2.66. The number of nitroso groups, excluding NO2 is 1. The van der Waals surface area contributed by atoms with Crippen LogP contribution in [0.1, 0.15) is 50.3 Å². The largest absolute Gasteiger partial charge is 0.170 e. The van der Waals surface area contributed by atoms with Crippen molar-refractivity contribution in [3.05, 3.63) is 113 Å². The second-order valence-electron chi connectivity index (χ2n) is 9.37. The van der Waals surface area contributed by atoms with E-state index in [1.807, 2.05) is 30.3 Å². The molecule has 0 amide bonds. The lowest BCUT2D eigenvalue weighted by molar-refractivity contribution is 0.0487. The molecule has 0 aliphatic heterocycles. The Morgan fingerprint density at radius 1 is 0.806 bits per heavy atom. The molecular formula is C28H31NOS. The minimum absolute atomic E-state index is 0.218. The second kappa shape index (κ2) is 8.27.